The lowest BCUT2D eigenvalue weighted by Crippen LogP contribution is -2.35. The second-order valence-electron chi connectivity index (χ2n) is 7.41. The van der Waals surface area contributed by atoms with Gasteiger partial charge in [-0.05, 0) is 6.07 Å². The number of nitrogens with one attached hydrogen (secondary N) is 1. The zero-order chi connectivity index (χ0) is 21.0. The minimum atomic E-state index is 0.138. The monoisotopic (exact) mass is 406 g/mol. The van der Waals surface area contributed by atoms with Crippen LogP contribution in [0.25, 0.3) is 22.5 Å². The molecule has 152 valence electrons. The summed E-state index contributed by atoms with van der Waals surface area (Å²) < 4.78 is 0. The van der Waals surface area contributed by atoms with E-state index in [1.54, 1.807) is 6.21 Å². The number of hydrogen-bond donors (Lipinski definition) is 1. The number of fused-ring (bicyclic) bond motifs is 1. The molecule has 2 atom stereocenters. The maximum atomic E-state index is 4.73. The van der Waals surface area contributed by atoms with Crippen molar-refractivity contribution in [2.75, 3.05) is 12.5 Å². The van der Waals surface area contributed by atoms with Gasteiger partial charge < -0.3 is 4.90 Å². The lowest BCUT2D eigenvalue weighted by Gasteiger charge is -2.22. The molecule has 1 N–H and O–H groups in total. The molecular weight excluding hydrogens is 384 g/mol. The number of hydrazone groups is 1. The van der Waals surface area contributed by atoms with E-state index in [1.807, 2.05) is 79.9 Å². The van der Waals surface area contributed by atoms with Crippen LogP contribution >= 0.6 is 0 Å². The molecule has 0 amide bonds. The molecule has 6 nitrogen and oxygen atoms in total. The smallest absolute Gasteiger partial charge is 0.244 e. The van der Waals surface area contributed by atoms with Crippen LogP contribution in [-0.2, 0) is 0 Å². The summed E-state index contributed by atoms with van der Waals surface area (Å²) in [7, 11) is 2.03. The average molecular weight is 406 g/mol. The van der Waals surface area contributed by atoms with Gasteiger partial charge in [0.25, 0.3) is 0 Å². The lowest BCUT2D eigenvalue weighted by atomic mass is 10.0. The van der Waals surface area contributed by atoms with E-state index < -0.39 is 0 Å². The molecule has 0 unspecified atom stereocenters. The summed E-state index contributed by atoms with van der Waals surface area (Å²) in [5.74, 6) is 1.26. The second-order valence-corrected chi connectivity index (χ2v) is 7.41. The number of nitrogens with zero attached hydrogens (tertiary/aromatic N) is 5. The molecule has 0 bridgehead atoms. The largest absolute Gasteiger partial charge is 0.350 e. The normalized spacial score (nSPS) is 19.5. The minimum absolute atomic E-state index is 0.138. The zero-order valence-electron chi connectivity index (χ0n) is 17.1. The fraction of sp³-hybridized carbons (Fsp3) is 0.120. The van der Waals surface area contributed by atoms with Crippen LogP contribution in [0.15, 0.2) is 101 Å². The number of benzene rings is 2. The SMILES string of the molecule is CN1C(/C=N\Nc2nc(-c3ccccc3)cc(-c3ccccc3)n2)=N[C@H]2C=CC=C[C@H]21. The molecule has 2 heterocycles. The van der Waals surface area contributed by atoms with E-state index >= 15 is 0 Å². The number of aliphatic imine (C=N–C) groups is 1. The van der Waals surface area contributed by atoms with Crippen molar-refractivity contribution in [2.24, 2.45) is 10.1 Å². The van der Waals surface area contributed by atoms with Gasteiger partial charge in [-0.15, -0.1) is 0 Å². The number of hydrogen-bond acceptors (Lipinski definition) is 6. The molecule has 2 aliphatic rings. The molecule has 5 rings (SSSR count). The molecule has 2 aromatic carbocycles. The molecule has 31 heavy (non-hydrogen) atoms. The van der Waals surface area contributed by atoms with Gasteiger partial charge in [0.05, 0.1) is 29.7 Å². The van der Waals surface area contributed by atoms with Gasteiger partial charge in [-0.3, -0.25) is 4.99 Å². The predicted octanol–water partition coefficient (Wildman–Crippen LogP) is 4.42. The van der Waals surface area contributed by atoms with E-state index in [2.05, 4.69) is 43.6 Å². The molecular formula is C25H22N6. The van der Waals surface area contributed by atoms with Crippen LogP contribution in [0.2, 0.25) is 0 Å². The van der Waals surface area contributed by atoms with Crippen LogP contribution in [0.1, 0.15) is 0 Å². The maximum Gasteiger partial charge on any atom is 0.244 e. The summed E-state index contributed by atoms with van der Waals surface area (Å²) in [6.07, 6.45) is 10.1. The summed E-state index contributed by atoms with van der Waals surface area (Å²) >= 11 is 0. The maximum absolute atomic E-state index is 4.73. The molecule has 1 aromatic heterocycles. The fourth-order valence-corrected chi connectivity index (χ4v) is 3.74. The molecule has 0 saturated heterocycles. The number of anilines is 1. The molecule has 0 saturated carbocycles. The van der Waals surface area contributed by atoms with E-state index in [9.17, 15) is 0 Å². The van der Waals surface area contributed by atoms with Crippen molar-refractivity contribution < 1.29 is 0 Å². The number of allylic oxidation sites excluding steroid dienone is 2. The fourth-order valence-electron chi connectivity index (χ4n) is 3.74. The van der Waals surface area contributed by atoms with Crippen LogP contribution < -0.4 is 5.43 Å². The van der Waals surface area contributed by atoms with Crippen LogP contribution in [0, 0.1) is 0 Å². The van der Waals surface area contributed by atoms with Crippen LogP contribution in [0.3, 0.4) is 0 Å². The summed E-state index contributed by atoms with van der Waals surface area (Å²) in [6.45, 7) is 0. The second kappa shape index (κ2) is 8.36. The molecule has 1 aliphatic heterocycles. The third kappa shape index (κ3) is 4.00. The topological polar surface area (TPSA) is 65.8 Å². The van der Waals surface area contributed by atoms with Crippen LogP contribution in [0.4, 0.5) is 5.95 Å². The van der Waals surface area contributed by atoms with Gasteiger partial charge >= 0.3 is 0 Å². The van der Waals surface area contributed by atoms with Gasteiger partial charge in [-0.1, -0.05) is 85.0 Å². The minimum Gasteiger partial charge on any atom is -0.350 e. The first kappa shape index (κ1) is 18.9. The summed E-state index contributed by atoms with van der Waals surface area (Å²) in [5.41, 5.74) is 6.72. The van der Waals surface area contributed by atoms with Crippen molar-refractivity contribution in [3.8, 4) is 22.5 Å². The highest BCUT2D eigenvalue weighted by Gasteiger charge is 2.30. The highest BCUT2D eigenvalue weighted by molar-refractivity contribution is 6.30. The predicted molar refractivity (Wildman–Crippen MR) is 126 cm³/mol. The average Bonchev–Trinajstić information content (AvgIpc) is 3.15. The number of likely N-dealkylation sites (N-methyl/N-ethyl adjacent to an activating group) is 1. The third-order valence-electron chi connectivity index (χ3n) is 5.38. The summed E-state index contributed by atoms with van der Waals surface area (Å²) in [5, 5.41) is 4.38. The number of amidine groups is 1. The van der Waals surface area contributed by atoms with Gasteiger partial charge in [0, 0.05) is 18.2 Å². The zero-order valence-corrected chi connectivity index (χ0v) is 17.1. The van der Waals surface area contributed by atoms with E-state index in [4.69, 9.17) is 4.99 Å². The van der Waals surface area contributed by atoms with Crippen molar-refractivity contribution in [1.82, 2.24) is 14.9 Å². The Morgan fingerprint density at radius 1 is 0.871 bits per heavy atom. The molecule has 0 fully saturated rings. The van der Waals surface area contributed by atoms with Gasteiger partial charge in [-0.2, -0.15) is 5.10 Å². The van der Waals surface area contributed by atoms with Crippen molar-refractivity contribution in [2.45, 2.75) is 12.1 Å². The molecule has 0 spiro atoms. The lowest BCUT2D eigenvalue weighted by molar-refractivity contribution is 0.440. The summed E-state index contributed by atoms with van der Waals surface area (Å²) in [6, 6.07) is 22.5. The van der Waals surface area contributed by atoms with Crippen LogP contribution in [0.5, 0.6) is 0 Å². The standard InChI is InChI=1S/C25H22N6/c1-31-23-15-9-8-14-20(23)27-24(31)17-26-30-25-28-21(18-10-4-2-5-11-18)16-22(29-25)19-12-6-3-7-13-19/h2-17,20,23H,1H3,(H,28,29,30)/b26-17-/t20-,23+/m0/s1. The van der Waals surface area contributed by atoms with Gasteiger partial charge in [0.1, 0.15) is 5.84 Å². The van der Waals surface area contributed by atoms with Crippen molar-refractivity contribution >= 4 is 18.0 Å². The molecule has 1 aliphatic carbocycles. The molecule has 3 aromatic rings. The quantitative estimate of drug-likeness (QED) is 0.503. The Kier molecular flexibility index (Phi) is 5.10. The van der Waals surface area contributed by atoms with E-state index in [0.29, 0.717) is 5.95 Å². The Labute approximate surface area is 181 Å². The Balaban J connectivity index is 1.43. The first-order valence-corrected chi connectivity index (χ1v) is 10.2. The number of aromatic nitrogens is 2. The first-order valence-electron chi connectivity index (χ1n) is 10.2. The highest BCUT2D eigenvalue weighted by atomic mass is 15.4. The van der Waals surface area contributed by atoms with Crippen molar-refractivity contribution in [3.63, 3.8) is 0 Å². The van der Waals surface area contributed by atoms with Crippen LogP contribution in [-0.4, -0.2) is 46.0 Å². The summed E-state index contributed by atoms with van der Waals surface area (Å²) in [4.78, 5) is 16.2. The van der Waals surface area contributed by atoms with E-state index in [0.717, 1.165) is 28.4 Å². The van der Waals surface area contributed by atoms with Gasteiger partial charge in [0.15, 0.2) is 0 Å². The Bertz CT molecular complexity index is 1120. The van der Waals surface area contributed by atoms with Gasteiger partial charge in [0.2, 0.25) is 5.95 Å². The Morgan fingerprint density at radius 3 is 2.10 bits per heavy atom. The Hall–Kier alpha value is -4.06. The Morgan fingerprint density at radius 2 is 1.48 bits per heavy atom. The molecule has 6 heteroatoms. The highest BCUT2D eigenvalue weighted by Crippen LogP contribution is 2.25. The third-order valence-corrected chi connectivity index (χ3v) is 5.38. The molecule has 0 radical (unpaired) electrons. The van der Waals surface area contributed by atoms with Crippen molar-refractivity contribution in [3.05, 3.63) is 91.0 Å². The number of rotatable bonds is 5. The van der Waals surface area contributed by atoms with Gasteiger partial charge in [-0.25, -0.2) is 15.4 Å². The van der Waals surface area contributed by atoms with Crippen molar-refractivity contribution in [1.29, 1.82) is 0 Å². The van der Waals surface area contributed by atoms with E-state index in [-0.39, 0.29) is 12.1 Å². The first-order chi connectivity index (χ1) is 15.3. The van der Waals surface area contributed by atoms with E-state index in [1.165, 1.54) is 0 Å².